The molecule has 1 fully saturated rings. The van der Waals surface area contributed by atoms with Crippen molar-refractivity contribution >= 4 is 10.1 Å². The molecule has 0 aromatic heterocycles. The van der Waals surface area contributed by atoms with Crippen LogP contribution in [0, 0.1) is 0 Å². The van der Waals surface area contributed by atoms with Crippen LogP contribution >= 0.6 is 0 Å². The van der Waals surface area contributed by atoms with Crippen molar-refractivity contribution in [3.05, 3.63) is 66.2 Å². The second kappa shape index (κ2) is 4.77. The Bertz CT molecular complexity index is 656. The summed E-state index contributed by atoms with van der Waals surface area (Å²) in [6, 6.07) is 17.7. The molecule has 0 bridgehead atoms. The van der Waals surface area contributed by atoms with Gasteiger partial charge < -0.3 is 0 Å². The van der Waals surface area contributed by atoms with Crippen molar-refractivity contribution in [2.45, 2.75) is 17.2 Å². The predicted octanol–water partition coefficient (Wildman–Crippen LogP) is 2.06. The van der Waals surface area contributed by atoms with Crippen molar-refractivity contribution in [1.82, 2.24) is 5.32 Å². The molecule has 1 N–H and O–H groups in total. The largest absolute Gasteiger partial charge is 0.298 e. The van der Waals surface area contributed by atoms with Gasteiger partial charge in [0.25, 0.3) is 10.1 Å². The Balaban J connectivity index is 1.71. The van der Waals surface area contributed by atoms with E-state index >= 15 is 0 Å². The van der Waals surface area contributed by atoms with E-state index in [1.165, 1.54) is 12.1 Å². The molecule has 1 aliphatic rings. The van der Waals surface area contributed by atoms with E-state index in [1.54, 1.807) is 18.2 Å². The Morgan fingerprint density at radius 2 is 1.47 bits per heavy atom. The molecule has 2 atom stereocenters. The topological polar surface area (TPSA) is 65.3 Å². The van der Waals surface area contributed by atoms with Gasteiger partial charge in [0.15, 0.2) is 0 Å². The van der Waals surface area contributed by atoms with Gasteiger partial charge in [-0.25, -0.2) is 4.18 Å². The minimum absolute atomic E-state index is 0.0558. The first kappa shape index (κ1) is 12.3. The van der Waals surface area contributed by atoms with E-state index in [1.807, 2.05) is 30.3 Å². The third-order valence-electron chi connectivity index (χ3n) is 2.96. The maximum absolute atomic E-state index is 12.0. The highest BCUT2D eigenvalue weighted by molar-refractivity contribution is 7.86. The molecule has 2 aromatic rings. The lowest BCUT2D eigenvalue weighted by atomic mass is 10.2. The lowest BCUT2D eigenvalue weighted by molar-refractivity contribution is 0.293. The van der Waals surface area contributed by atoms with E-state index < -0.39 is 16.3 Å². The number of benzene rings is 2. The van der Waals surface area contributed by atoms with E-state index in [0.29, 0.717) is 0 Å². The van der Waals surface area contributed by atoms with E-state index in [9.17, 15) is 8.42 Å². The highest BCUT2D eigenvalue weighted by Gasteiger charge is 2.42. The quantitative estimate of drug-likeness (QED) is 0.685. The summed E-state index contributed by atoms with van der Waals surface area (Å²) in [6.45, 7) is 0. The first-order valence-electron chi connectivity index (χ1n) is 5.96. The van der Waals surface area contributed by atoms with Gasteiger partial charge in [-0.15, -0.1) is 0 Å². The average Bonchev–Trinajstić information content (AvgIpc) is 3.19. The zero-order chi connectivity index (χ0) is 13.3. The molecule has 0 aliphatic carbocycles. The first-order chi connectivity index (χ1) is 9.17. The van der Waals surface area contributed by atoms with Crippen LogP contribution in [0.3, 0.4) is 0 Å². The van der Waals surface area contributed by atoms with Gasteiger partial charge in [0.2, 0.25) is 0 Å². The molecule has 4 nitrogen and oxygen atoms in total. The van der Waals surface area contributed by atoms with Crippen molar-refractivity contribution in [3.63, 3.8) is 0 Å². The number of rotatable bonds is 4. The number of nitrogens with one attached hydrogen (secondary N) is 1. The first-order valence-corrected chi connectivity index (χ1v) is 7.37. The molecule has 0 radical (unpaired) electrons. The van der Waals surface area contributed by atoms with Crippen LogP contribution in [-0.2, 0) is 14.3 Å². The summed E-state index contributed by atoms with van der Waals surface area (Å²) in [7, 11) is -3.70. The van der Waals surface area contributed by atoms with Gasteiger partial charge in [-0.3, -0.25) is 5.32 Å². The molecule has 2 unspecified atom stereocenters. The second-order valence-electron chi connectivity index (χ2n) is 4.34. The number of hydrogen-bond donors (Lipinski definition) is 1. The molecule has 3 rings (SSSR count). The van der Waals surface area contributed by atoms with Crippen LogP contribution < -0.4 is 5.32 Å². The van der Waals surface area contributed by atoms with Crippen LogP contribution in [0.5, 0.6) is 0 Å². The smallest absolute Gasteiger partial charge is 0.279 e. The molecule has 1 aliphatic heterocycles. The summed E-state index contributed by atoms with van der Waals surface area (Å²) in [5.41, 5.74) is 1.02. The standard InChI is InChI=1S/C14H13NO3S/c16-19(17,12-9-5-2-6-10-12)18-14-13(15-14)11-7-3-1-4-8-11/h1-10,13-15H. The molecule has 1 heterocycles. The Kier molecular flexibility index (Phi) is 3.10. The number of hydrogen-bond acceptors (Lipinski definition) is 4. The van der Waals surface area contributed by atoms with Crippen molar-refractivity contribution in [2.24, 2.45) is 0 Å². The molecule has 0 saturated carbocycles. The van der Waals surface area contributed by atoms with Crippen molar-refractivity contribution in [2.75, 3.05) is 0 Å². The Morgan fingerprint density at radius 3 is 2.11 bits per heavy atom. The van der Waals surface area contributed by atoms with Crippen LogP contribution in [0.1, 0.15) is 11.6 Å². The minimum atomic E-state index is -3.70. The van der Waals surface area contributed by atoms with Crippen LogP contribution in [0.2, 0.25) is 0 Å². The lowest BCUT2D eigenvalue weighted by Crippen LogP contribution is -2.10. The summed E-state index contributed by atoms with van der Waals surface area (Å²) in [4.78, 5) is 0.176. The zero-order valence-electron chi connectivity index (χ0n) is 10.1. The SMILES string of the molecule is O=S(=O)(OC1NC1c1ccccc1)c1ccccc1. The summed E-state index contributed by atoms with van der Waals surface area (Å²) in [5.74, 6) is 0. The minimum Gasteiger partial charge on any atom is -0.279 e. The maximum Gasteiger partial charge on any atom is 0.298 e. The lowest BCUT2D eigenvalue weighted by Gasteiger charge is -2.03. The molecule has 5 heteroatoms. The molecular weight excluding hydrogens is 262 g/mol. The molecular formula is C14H13NO3S. The van der Waals surface area contributed by atoms with Gasteiger partial charge in [0.05, 0.1) is 10.9 Å². The second-order valence-corrected chi connectivity index (χ2v) is 5.91. The van der Waals surface area contributed by atoms with E-state index in [0.717, 1.165) is 5.56 Å². The highest BCUT2D eigenvalue weighted by atomic mass is 32.2. The maximum atomic E-state index is 12.0. The molecule has 98 valence electrons. The van der Waals surface area contributed by atoms with Gasteiger partial charge in [0, 0.05) is 0 Å². The van der Waals surface area contributed by atoms with Crippen LogP contribution in [-0.4, -0.2) is 14.6 Å². The summed E-state index contributed by atoms with van der Waals surface area (Å²) < 4.78 is 29.2. The van der Waals surface area contributed by atoms with Crippen molar-refractivity contribution in [1.29, 1.82) is 0 Å². The summed E-state index contributed by atoms with van der Waals surface area (Å²) in [5, 5.41) is 3.01. The fourth-order valence-corrected chi connectivity index (χ4v) is 2.96. The van der Waals surface area contributed by atoms with Gasteiger partial charge in [0.1, 0.15) is 6.23 Å². The van der Waals surface area contributed by atoms with Crippen LogP contribution in [0.15, 0.2) is 65.6 Å². The van der Waals surface area contributed by atoms with Gasteiger partial charge in [-0.1, -0.05) is 48.5 Å². The fourth-order valence-electron chi connectivity index (χ4n) is 1.92. The van der Waals surface area contributed by atoms with Gasteiger partial charge >= 0.3 is 0 Å². The Hall–Kier alpha value is -1.69. The molecule has 0 amide bonds. The molecule has 0 spiro atoms. The zero-order valence-corrected chi connectivity index (χ0v) is 10.9. The van der Waals surface area contributed by atoms with Gasteiger partial charge in [-0.05, 0) is 17.7 Å². The monoisotopic (exact) mass is 275 g/mol. The molecule has 2 aromatic carbocycles. The van der Waals surface area contributed by atoms with Gasteiger partial charge in [-0.2, -0.15) is 8.42 Å². The van der Waals surface area contributed by atoms with Crippen LogP contribution in [0.25, 0.3) is 0 Å². The highest BCUT2D eigenvalue weighted by Crippen LogP contribution is 2.32. The molecule has 1 saturated heterocycles. The Morgan fingerprint density at radius 1 is 0.895 bits per heavy atom. The fraction of sp³-hybridized carbons (Fsp3) is 0.143. The predicted molar refractivity (Wildman–Crippen MR) is 70.8 cm³/mol. The average molecular weight is 275 g/mol. The third kappa shape index (κ3) is 2.68. The summed E-state index contributed by atoms with van der Waals surface area (Å²) in [6.07, 6.45) is -0.479. The van der Waals surface area contributed by atoms with E-state index in [4.69, 9.17) is 4.18 Å². The van der Waals surface area contributed by atoms with Crippen molar-refractivity contribution in [3.8, 4) is 0 Å². The van der Waals surface area contributed by atoms with Crippen molar-refractivity contribution < 1.29 is 12.6 Å². The summed E-state index contributed by atoms with van der Waals surface area (Å²) >= 11 is 0. The van der Waals surface area contributed by atoms with E-state index in [-0.39, 0.29) is 10.9 Å². The normalized spacial score (nSPS) is 22.1. The molecule has 19 heavy (non-hydrogen) atoms. The Labute approximate surface area is 112 Å². The third-order valence-corrected chi connectivity index (χ3v) is 4.27. The van der Waals surface area contributed by atoms with E-state index in [2.05, 4.69) is 5.32 Å². The van der Waals surface area contributed by atoms with Crippen LogP contribution in [0.4, 0.5) is 0 Å².